The van der Waals surface area contributed by atoms with Crippen molar-refractivity contribution < 1.29 is 4.79 Å². The molecule has 2 heterocycles. The first-order chi connectivity index (χ1) is 7.81. The molecule has 0 aromatic rings. The van der Waals surface area contributed by atoms with Gasteiger partial charge in [0.1, 0.15) is 6.04 Å². The summed E-state index contributed by atoms with van der Waals surface area (Å²) >= 11 is 1.56. The quantitative estimate of drug-likeness (QED) is 0.582. The molecular weight excluding hydrogens is 220 g/mol. The SMILES string of the molecule is C=CC1=C2SNC2C(=O)N(C2C=CCC2)C1. The standard InChI is InChI=1S/C12H14N2OS/c1-2-8-7-14(9-5-3-4-6-9)12(15)10-11(8)16-13-10/h2-3,5,9-10,13H,1,4,6-7H2. The van der Waals surface area contributed by atoms with Crippen molar-refractivity contribution in [3.8, 4) is 0 Å². The van der Waals surface area contributed by atoms with E-state index in [1.807, 2.05) is 11.0 Å². The molecule has 0 spiro atoms. The van der Waals surface area contributed by atoms with Gasteiger partial charge in [-0.1, -0.05) is 24.8 Å². The lowest BCUT2D eigenvalue weighted by molar-refractivity contribution is -0.133. The predicted octanol–water partition coefficient (Wildman–Crippen LogP) is 1.61. The second-order valence-corrected chi connectivity index (χ2v) is 5.17. The Bertz CT molecular complexity index is 413. The molecule has 2 unspecified atom stereocenters. The minimum Gasteiger partial charge on any atom is -0.330 e. The summed E-state index contributed by atoms with van der Waals surface area (Å²) in [4.78, 5) is 15.3. The van der Waals surface area contributed by atoms with E-state index in [-0.39, 0.29) is 18.0 Å². The van der Waals surface area contributed by atoms with E-state index in [0.29, 0.717) is 0 Å². The molecule has 16 heavy (non-hydrogen) atoms. The summed E-state index contributed by atoms with van der Waals surface area (Å²) in [5.41, 5.74) is 1.20. The molecule has 84 valence electrons. The van der Waals surface area contributed by atoms with Crippen molar-refractivity contribution in [1.82, 2.24) is 9.62 Å². The monoisotopic (exact) mass is 234 g/mol. The molecule has 1 aliphatic carbocycles. The summed E-state index contributed by atoms with van der Waals surface area (Å²) in [7, 11) is 0. The van der Waals surface area contributed by atoms with Gasteiger partial charge in [0.15, 0.2) is 0 Å². The number of nitrogens with one attached hydrogen (secondary N) is 1. The van der Waals surface area contributed by atoms with Crippen molar-refractivity contribution >= 4 is 17.9 Å². The van der Waals surface area contributed by atoms with Gasteiger partial charge in [0.25, 0.3) is 0 Å². The van der Waals surface area contributed by atoms with Gasteiger partial charge in [0.05, 0.1) is 6.04 Å². The lowest BCUT2D eigenvalue weighted by atomic mass is 10.0. The average Bonchev–Trinajstić information content (AvgIpc) is 2.73. The molecule has 0 radical (unpaired) electrons. The van der Waals surface area contributed by atoms with E-state index >= 15 is 0 Å². The third-order valence-corrected chi connectivity index (χ3v) is 4.44. The van der Waals surface area contributed by atoms with E-state index in [1.54, 1.807) is 11.9 Å². The van der Waals surface area contributed by atoms with Gasteiger partial charge in [-0.2, -0.15) is 0 Å². The van der Waals surface area contributed by atoms with Gasteiger partial charge in [-0.15, -0.1) is 0 Å². The highest BCUT2D eigenvalue weighted by molar-refractivity contribution is 8.03. The molecule has 3 nitrogen and oxygen atoms in total. The van der Waals surface area contributed by atoms with Gasteiger partial charge >= 0.3 is 0 Å². The second kappa shape index (κ2) is 3.79. The normalized spacial score (nSPS) is 32.8. The minimum absolute atomic E-state index is 0.0965. The number of amides is 1. The topological polar surface area (TPSA) is 32.3 Å². The highest BCUT2D eigenvalue weighted by Gasteiger charge is 2.42. The molecule has 0 bridgehead atoms. The summed E-state index contributed by atoms with van der Waals surface area (Å²) in [5.74, 6) is 0.218. The van der Waals surface area contributed by atoms with Gasteiger partial charge in [-0.05, 0) is 30.4 Å². The maximum absolute atomic E-state index is 12.2. The Morgan fingerprint density at radius 2 is 2.50 bits per heavy atom. The van der Waals surface area contributed by atoms with Crippen molar-refractivity contribution in [2.75, 3.05) is 6.54 Å². The average molecular weight is 234 g/mol. The van der Waals surface area contributed by atoms with E-state index in [1.165, 1.54) is 10.5 Å². The number of hydrogen-bond acceptors (Lipinski definition) is 3. The Balaban J connectivity index is 1.89. The van der Waals surface area contributed by atoms with Crippen LogP contribution in [0.15, 0.2) is 35.3 Å². The van der Waals surface area contributed by atoms with Crippen LogP contribution < -0.4 is 4.72 Å². The summed E-state index contributed by atoms with van der Waals surface area (Å²) in [5, 5.41) is 0. The van der Waals surface area contributed by atoms with E-state index in [2.05, 4.69) is 23.5 Å². The maximum Gasteiger partial charge on any atom is 0.246 e. The molecule has 2 atom stereocenters. The van der Waals surface area contributed by atoms with Crippen molar-refractivity contribution in [3.63, 3.8) is 0 Å². The first-order valence-electron chi connectivity index (χ1n) is 5.56. The van der Waals surface area contributed by atoms with Crippen molar-refractivity contribution in [2.24, 2.45) is 0 Å². The zero-order valence-corrected chi connectivity index (χ0v) is 9.80. The van der Waals surface area contributed by atoms with Crippen LogP contribution in [0.2, 0.25) is 0 Å². The predicted molar refractivity (Wildman–Crippen MR) is 65.6 cm³/mol. The fraction of sp³-hybridized carbons (Fsp3) is 0.417. The third-order valence-electron chi connectivity index (χ3n) is 3.37. The number of nitrogens with zero attached hydrogens (tertiary/aromatic N) is 1. The molecule has 4 heteroatoms. The van der Waals surface area contributed by atoms with Crippen LogP contribution >= 0.6 is 11.9 Å². The lowest BCUT2D eigenvalue weighted by Gasteiger charge is -2.42. The molecule has 0 saturated carbocycles. The van der Waals surface area contributed by atoms with Crippen molar-refractivity contribution in [3.05, 3.63) is 35.3 Å². The number of hydrogen-bond donors (Lipinski definition) is 1. The fourth-order valence-corrected chi connectivity index (χ4v) is 3.25. The van der Waals surface area contributed by atoms with E-state index in [4.69, 9.17) is 0 Å². The summed E-state index contributed by atoms with van der Waals surface area (Å²) in [6.07, 6.45) is 8.34. The largest absolute Gasteiger partial charge is 0.330 e. The molecule has 1 saturated heterocycles. The van der Waals surface area contributed by atoms with Crippen LogP contribution in [0.4, 0.5) is 0 Å². The number of fused-ring (bicyclic) bond motifs is 1. The Labute approximate surface area is 99.4 Å². The smallest absolute Gasteiger partial charge is 0.246 e. The van der Waals surface area contributed by atoms with Crippen molar-refractivity contribution in [2.45, 2.75) is 24.9 Å². The maximum atomic E-state index is 12.2. The molecule has 2 aliphatic heterocycles. The molecule has 1 fully saturated rings. The van der Waals surface area contributed by atoms with Gasteiger partial charge in [0, 0.05) is 11.4 Å². The molecule has 0 aromatic carbocycles. The van der Waals surface area contributed by atoms with Crippen LogP contribution in [0.3, 0.4) is 0 Å². The molecule has 1 amide bonds. The molecule has 0 aromatic heterocycles. The first kappa shape index (κ1) is 10.2. The lowest BCUT2D eigenvalue weighted by Crippen LogP contribution is -2.57. The summed E-state index contributed by atoms with van der Waals surface area (Å²) in [6.45, 7) is 4.55. The molecule has 3 rings (SSSR count). The van der Waals surface area contributed by atoms with Crippen LogP contribution in [0.1, 0.15) is 12.8 Å². The third kappa shape index (κ3) is 1.37. The number of allylic oxidation sites excluding steroid dienone is 1. The van der Waals surface area contributed by atoms with Crippen LogP contribution in [0.5, 0.6) is 0 Å². The van der Waals surface area contributed by atoms with Gasteiger partial charge < -0.3 is 4.90 Å². The highest BCUT2D eigenvalue weighted by atomic mass is 32.2. The number of carbonyl (C=O) groups excluding carboxylic acids is 1. The zero-order valence-electron chi connectivity index (χ0n) is 8.98. The van der Waals surface area contributed by atoms with Crippen LogP contribution in [0.25, 0.3) is 0 Å². The minimum atomic E-state index is -0.0965. The molecular formula is C12H14N2OS. The summed E-state index contributed by atoms with van der Waals surface area (Å²) in [6, 6.07) is 0.192. The van der Waals surface area contributed by atoms with Gasteiger partial charge in [0.2, 0.25) is 5.91 Å². The molecule has 1 N–H and O–H groups in total. The Morgan fingerprint density at radius 1 is 1.62 bits per heavy atom. The highest BCUT2D eigenvalue weighted by Crippen LogP contribution is 2.38. The Hall–Kier alpha value is -1.00. The fourth-order valence-electron chi connectivity index (χ4n) is 2.42. The number of carbonyl (C=O) groups is 1. The van der Waals surface area contributed by atoms with E-state index in [0.717, 1.165) is 19.4 Å². The van der Waals surface area contributed by atoms with Crippen LogP contribution in [-0.4, -0.2) is 29.4 Å². The molecule has 3 aliphatic rings. The Morgan fingerprint density at radius 3 is 3.06 bits per heavy atom. The van der Waals surface area contributed by atoms with Crippen LogP contribution in [0, 0.1) is 0 Å². The van der Waals surface area contributed by atoms with E-state index < -0.39 is 0 Å². The van der Waals surface area contributed by atoms with Crippen LogP contribution in [-0.2, 0) is 4.79 Å². The number of rotatable bonds is 2. The van der Waals surface area contributed by atoms with Gasteiger partial charge in [-0.3, -0.25) is 4.79 Å². The Kier molecular flexibility index (Phi) is 2.41. The first-order valence-corrected chi connectivity index (χ1v) is 6.38. The zero-order chi connectivity index (χ0) is 11.1. The second-order valence-electron chi connectivity index (χ2n) is 4.29. The van der Waals surface area contributed by atoms with Gasteiger partial charge in [-0.25, -0.2) is 4.72 Å². The summed E-state index contributed by atoms with van der Waals surface area (Å²) < 4.78 is 3.11. The van der Waals surface area contributed by atoms with Crippen molar-refractivity contribution in [1.29, 1.82) is 0 Å². The van der Waals surface area contributed by atoms with E-state index in [9.17, 15) is 4.79 Å².